The number of anilines is 1. The Balaban J connectivity index is 2.82. The van der Waals surface area contributed by atoms with Crippen LogP contribution in [0.25, 0.3) is 0 Å². The number of nitrogens with zero attached hydrogens (tertiary/aromatic N) is 2. The smallest absolute Gasteiger partial charge is 0.351 e. The molecule has 6 nitrogen and oxygen atoms in total. The molecule has 1 aromatic heterocycles. The molecule has 6 heteroatoms. The zero-order chi connectivity index (χ0) is 13.0. The number of ether oxygens (including phenoxy) is 1. The lowest BCUT2D eigenvalue weighted by atomic mass is 10.2. The third-order valence-electron chi connectivity index (χ3n) is 2.56. The first kappa shape index (κ1) is 13.7. The number of nitrogens with two attached hydrogens (primary N) is 1. The molecule has 96 valence electrons. The maximum absolute atomic E-state index is 11.6. The lowest BCUT2D eigenvalue weighted by Crippen LogP contribution is -2.33. The van der Waals surface area contributed by atoms with E-state index in [0.29, 0.717) is 6.42 Å². The highest BCUT2D eigenvalue weighted by Crippen LogP contribution is 2.13. The van der Waals surface area contributed by atoms with Crippen LogP contribution in [0.1, 0.15) is 33.4 Å². The summed E-state index contributed by atoms with van der Waals surface area (Å²) in [6, 6.07) is 1.53. The fraction of sp³-hybridized carbons (Fsp3) is 0.636. The van der Waals surface area contributed by atoms with Gasteiger partial charge in [-0.2, -0.15) is 4.98 Å². The topological polar surface area (TPSA) is 90.4 Å². The van der Waals surface area contributed by atoms with E-state index in [1.54, 1.807) is 13.8 Å². The minimum Gasteiger partial charge on any atom is -0.391 e. The van der Waals surface area contributed by atoms with Crippen LogP contribution in [0.3, 0.4) is 0 Å². The third kappa shape index (κ3) is 3.54. The van der Waals surface area contributed by atoms with Crippen molar-refractivity contribution in [3.63, 3.8) is 0 Å². The van der Waals surface area contributed by atoms with E-state index < -0.39 is 18.0 Å². The van der Waals surface area contributed by atoms with Crippen LogP contribution >= 0.6 is 0 Å². The van der Waals surface area contributed by atoms with Crippen molar-refractivity contribution >= 4 is 5.82 Å². The molecule has 3 N–H and O–H groups in total. The summed E-state index contributed by atoms with van der Waals surface area (Å²) in [6.07, 6.45) is 0.813. The van der Waals surface area contributed by atoms with E-state index >= 15 is 0 Å². The Bertz CT molecular complexity index is 417. The van der Waals surface area contributed by atoms with Gasteiger partial charge in [-0.05, 0) is 26.3 Å². The van der Waals surface area contributed by atoms with Gasteiger partial charge in [0.25, 0.3) is 0 Å². The highest BCUT2D eigenvalue weighted by Gasteiger charge is 2.18. The Morgan fingerprint density at radius 2 is 2.24 bits per heavy atom. The van der Waals surface area contributed by atoms with Crippen LogP contribution in [0.5, 0.6) is 0 Å². The fourth-order valence-corrected chi connectivity index (χ4v) is 1.57. The summed E-state index contributed by atoms with van der Waals surface area (Å²) in [7, 11) is 0. The molecule has 0 spiro atoms. The first-order valence-corrected chi connectivity index (χ1v) is 5.64. The predicted octanol–water partition coefficient (Wildman–Crippen LogP) is 0.520. The Kier molecular flexibility index (Phi) is 4.65. The van der Waals surface area contributed by atoms with Gasteiger partial charge in [0.2, 0.25) is 0 Å². The summed E-state index contributed by atoms with van der Waals surface area (Å²) in [4.78, 5) is 15.2. The molecule has 17 heavy (non-hydrogen) atoms. The van der Waals surface area contributed by atoms with Gasteiger partial charge in [0, 0.05) is 6.20 Å². The van der Waals surface area contributed by atoms with Crippen molar-refractivity contribution in [2.75, 3.05) is 5.73 Å². The van der Waals surface area contributed by atoms with E-state index in [-0.39, 0.29) is 11.9 Å². The van der Waals surface area contributed by atoms with Gasteiger partial charge in [0.15, 0.2) is 0 Å². The van der Waals surface area contributed by atoms with Crippen molar-refractivity contribution < 1.29 is 9.84 Å². The Morgan fingerprint density at radius 3 is 2.71 bits per heavy atom. The molecule has 0 aliphatic carbocycles. The lowest BCUT2D eigenvalue weighted by molar-refractivity contribution is -0.0952. The van der Waals surface area contributed by atoms with Gasteiger partial charge < -0.3 is 15.6 Å². The molecule has 0 aromatic carbocycles. The van der Waals surface area contributed by atoms with Crippen LogP contribution in [-0.4, -0.2) is 26.9 Å². The Morgan fingerprint density at radius 1 is 1.59 bits per heavy atom. The first-order chi connectivity index (χ1) is 7.95. The SMILES string of the molecule is CCC(O[C@H](C)n1ccc(N)nc1=O)[C@@H](C)O. The number of aliphatic hydroxyl groups excluding tert-OH is 1. The van der Waals surface area contributed by atoms with Gasteiger partial charge in [0.05, 0.1) is 12.2 Å². The van der Waals surface area contributed by atoms with Gasteiger partial charge in [-0.3, -0.25) is 4.57 Å². The maximum Gasteiger partial charge on any atom is 0.351 e. The number of aromatic nitrogens is 2. The van der Waals surface area contributed by atoms with Gasteiger partial charge in [-0.1, -0.05) is 6.92 Å². The summed E-state index contributed by atoms with van der Waals surface area (Å²) < 4.78 is 6.93. The summed E-state index contributed by atoms with van der Waals surface area (Å²) in [5.41, 5.74) is 4.94. The molecular weight excluding hydrogens is 222 g/mol. The van der Waals surface area contributed by atoms with Gasteiger partial charge in [0.1, 0.15) is 12.0 Å². The highest BCUT2D eigenvalue weighted by molar-refractivity contribution is 5.23. The van der Waals surface area contributed by atoms with Crippen LogP contribution < -0.4 is 11.4 Å². The molecule has 0 bridgehead atoms. The summed E-state index contributed by atoms with van der Waals surface area (Å²) in [6.45, 7) is 5.29. The molecule has 0 saturated carbocycles. The molecule has 0 aliphatic rings. The number of rotatable bonds is 5. The first-order valence-electron chi connectivity index (χ1n) is 5.64. The van der Waals surface area contributed by atoms with Crippen LogP contribution in [0.2, 0.25) is 0 Å². The highest BCUT2D eigenvalue weighted by atomic mass is 16.5. The normalized spacial score (nSPS) is 16.5. The molecule has 1 rings (SSSR count). The molecule has 0 aliphatic heterocycles. The summed E-state index contributed by atoms with van der Waals surface area (Å²) in [5.74, 6) is 0.181. The molecule has 1 aromatic rings. The Labute approximate surface area is 100 Å². The molecular formula is C11H19N3O3. The van der Waals surface area contributed by atoms with E-state index in [1.165, 1.54) is 16.8 Å². The number of aliphatic hydroxyl groups is 1. The number of hydrogen-bond donors (Lipinski definition) is 2. The number of nitrogen functional groups attached to an aromatic ring is 1. The second kappa shape index (κ2) is 5.79. The monoisotopic (exact) mass is 241 g/mol. The molecule has 0 fully saturated rings. The largest absolute Gasteiger partial charge is 0.391 e. The average molecular weight is 241 g/mol. The minimum absolute atomic E-state index is 0.181. The molecule has 1 unspecified atom stereocenters. The molecule has 0 amide bonds. The minimum atomic E-state index is -0.583. The molecule has 1 heterocycles. The summed E-state index contributed by atoms with van der Waals surface area (Å²) in [5, 5.41) is 9.47. The van der Waals surface area contributed by atoms with Crippen LogP contribution in [0.4, 0.5) is 5.82 Å². The van der Waals surface area contributed by atoms with E-state index in [0.717, 1.165) is 0 Å². The molecule has 0 radical (unpaired) electrons. The second-order valence-corrected chi connectivity index (χ2v) is 3.96. The van der Waals surface area contributed by atoms with Crippen molar-refractivity contribution in [2.24, 2.45) is 0 Å². The maximum atomic E-state index is 11.6. The molecule has 0 saturated heterocycles. The van der Waals surface area contributed by atoms with Crippen LogP contribution in [0, 0.1) is 0 Å². The third-order valence-corrected chi connectivity index (χ3v) is 2.56. The standard InChI is InChI=1S/C11H19N3O3/c1-4-9(7(2)15)17-8(3)14-6-5-10(12)13-11(14)16/h5-9,15H,4H2,1-3H3,(H2,12,13,16)/t7-,8-,9?/m1/s1. The lowest BCUT2D eigenvalue weighted by Gasteiger charge is -2.24. The molecule has 3 atom stereocenters. The van der Waals surface area contributed by atoms with Crippen molar-refractivity contribution in [3.05, 3.63) is 22.7 Å². The van der Waals surface area contributed by atoms with E-state index in [9.17, 15) is 9.90 Å². The van der Waals surface area contributed by atoms with Crippen molar-refractivity contribution in [2.45, 2.75) is 45.6 Å². The van der Waals surface area contributed by atoms with Crippen LogP contribution in [-0.2, 0) is 4.74 Å². The number of hydrogen-bond acceptors (Lipinski definition) is 5. The van der Waals surface area contributed by atoms with E-state index in [1.807, 2.05) is 6.92 Å². The zero-order valence-electron chi connectivity index (χ0n) is 10.3. The quantitative estimate of drug-likeness (QED) is 0.784. The van der Waals surface area contributed by atoms with Gasteiger partial charge >= 0.3 is 5.69 Å². The van der Waals surface area contributed by atoms with Gasteiger partial charge in [-0.15, -0.1) is 0 Å². The van der Waals surface area contributed by atoms with Gasteiger partial charge in [-0.25, -0.2) is 4.79 Å². The van der Waals surface area contributed by atoms with Crippen molar-refractivity contribution in [3.8, 4) is 0 Å². The second-order valence-electron chi connectivity index (χ2n) is 3.96. The fourth-order valence-electron chi connectivity index (χ4n) is 1.57. The average Bonchev–Trinajstić information content (AvgIpc) is 2.24. The van der Waals surface area contributed by atoms with Crippen LogP contribution in [0.15, 0.2) is 17.1 Å². The van der Waals surface area contributed by atoms with E-state index in [2.05, 4.69) is 4.98 Å². The van der Waals surface area contributed by atoms with Crippen molar-refractivity contribution in [1.29, 1.82) is 0 Å². The Hall–Kier alpha value is -1.40. The predicted molar refractivity (Wildman–Crippen MR) is 64.5 cm³/mol. The summed E-state index contributed by atoms with van der Waals surface area (Å²) >= 11 is 0. The van der Waals surface area contributed by atoms with E-state index in [4.69, 9.17) is 10.5 Å². The van der Waals surface area contributed by atoms with Crippen molar-refractivity contribution in [1.82, 2.24) is 9.55 Å². The zero-order valence-corrected chi connectivity index (χ0v) is 10.3.